The number of likely N-dealkylation sites (tertiary alicyclic amines) is 1. The number of carbonyl (C=O) groups excluding carboxylic acids is 1. The number of nitriles is 1. The van der Waals surface area contributed by atoms with Crippen LogP contribution in [0.1, 0.15) is 51.9 Å². The predicted molar refractivity (Wildman–Crippen MR) is 66.1 cm³/mol. The summed E-state index contributed by atoms with van der Waals surface area (Å²) in [5.41, 5.74) is 0. The number of nitrogens with zero attached hydrogens (tertiary/aromatic N) is 2. The quantitative estimate of drug-likeness (QED) is 0.700. The molecule has 3 nitrogen and oxygen atoms in total. The average molecular weight is 234 g/mol. The first kappa shape index (κ1) is 12.4. The fraction of sp³-hybridized carbons (Fsp3) is 0.857. The van der Waals surface area contributed by atoms with Gasteiger partial charge in [-0.1, -0.05) is 6.92 Å². The molecule has 1 unspecified atom stereocenters. The molecule has 17 heavy (non-hydrogen) atoms. The van der Waals surface area contributed by atoms with Gasteiger partial charge in [0.15, 0.2) is 0 Å². The highest BCUT2D eigenvalue weighted by molar-refractivity contribution is 5.79. The van der Waals surface area contributed by atoms with Gasteiger partial charge in [0.2, 0.25) is 5.91 Å². The van der Waals surface area contributed by atoms with Gasteiger partial charge in [-0.15, -0.1) is 0 Å². The molecule has 2 fully saturated rings. The van der Waals surface area contributed by atoms with E-state index in [9.17, 15) is 4.79 Å². The third-order valence-electron chi connectivity index (χ3n) is 4.30. The molecule has 1 amide bonds. The first-order chi connectivity index (χ1) is 8.22. The molecule has 1 aliphatic heterocycles. The van der Waals surface area contributed by atoms with Crippen LogP contribution in [0, 0.1) is 23.2 Å². The first-order valence-corrected chi connectivity index (χ1v) is 6.92. The SMILES string of the molecule is CC1CCC(C(=O)N2CCCCC2C#N)CC1. The van der Waals surface area contributed by atoms with Gasteiger partial charge in [-0.05, 0) is 50.9 Å². The van der Waals surface area contributed by atoms with Crippen molar-refractivity contribution in [2.75, 3.05) is 6.54 Å². The highest BCUT2D eigenvalue weighted by Crippen LogP contribution is 2.31. The zero-order valence-electron chi connectivity index (χ0n) is 10.7. The molecule has 1 heterocycles. The summed E-state index contributed by atoms with van der Waals surface area (Å²) < 4.78 is 0. The lowest BCUT2D eigenvalue weighted by molar-refractivity contribution is -0.139. The third-order valence-corrected chi connectivity index (χ3v) is 4.30. The molecule has 1 saturated carbocycles. The summed E-state index contributed by atoms with van der Waals surface area (Å²) in [6.07, 6.45) is 7.40. The number of piperidine rings is 1. The van der Waals surface area contributed by atoms with Crippen LogP contribution in [-0.4, -0.2) is 23.4 Å². The van der Waals surface area contributed by atoms with Gasteiger partial charge in [0.1, 0.15) is 6.04 Å². The maximum absolute atomic E-state index is 12.4. The highest BCUT2D eigenvalue weighted by Gasteiger charge is 2.32. The molecule has 1 saturated heterocycles. The fourth-order valence-corrected chi connectivity index (χ4v) is 3.07. The summed E-state index contributed by atoms with van der Waals surface area (Å²) in [4.78, 5) is 14.3. The van der Waals surface area contributed by atoms with E-state index in [-0.39, 0.29) is 17.9 Å². The number of hydrogen-bond acceptors (Lipinski definition) is 2. The second-order valence-electron chi connectivity index (χ2n) is 5.63. The van der Waals surface area contributed by atoms with Crippen molar-refractivity contribution in [3.05, 3.63) is 0 Å². The van der Waals surface area contributed by atoms with Crippen molar-refractivity contribution in [3.63, 3.8) is 0 Å². The van der Waals surface area contributed by atoms with E-state index in [1.165, 1.54) is 12.8 Å². The van der Waals surface area contributed by atoms with Crippen LogP contribution in [0.3, 0.4) is 0 Å². The van der Waals surface area contributed by atoms with Crippen LogP contribution in [-0.2, 0) is 4.79 Å². The van der Waals surface area contributed by atoms with Crippen molar-refractivity contribution >= 4 is 5.91 Å². The zero-order chi connectivity index (χ0) is 12.3. The molecule has 2 aliphatic rings. The second kappa shape index (κ2) is 5.53. The summed E-state index contributed by atoms with van der Waals surface area (Å²) in [6.45, 7) is 3.06. The standard InChI is InChI=1S/C14H22N2O/c1-11-5-7-12(8-6-11)14(17)16-9-3-2-4-13(16)10-15/h11-13H,2-9H2,1H3. The maximum Gasteiger partial charge on any atom is 0.226 e. The summed E-state index contributed by atoms with van der Waals surface area (Å²) in [5.74, 6) is 1.22. The number of amides is 1. The van der Waals surface area contributed by atoms with Gasteiger partial charge < -0.3 is 4.90 Å². The van der Waals surface area contributed by atoms with E-state index >= 15 is 0 Å². The minimum Gasteiger partial charge on any atom is -0.326 e. The Morgan fingerprint density at radius 2 is 1.88 bits per heavy atom. The highest BCUT2D eigenvalue weighted by atomic mass is 16.2. The Balaban J connectivity index is 1.96. The summed E-state index contributed by atoms with van der Waals surface area (Å²) >= 11 is 0. The number of hydrogen-bond donors (Lipinski definition) is 0. The Morgan fingerprint density at radius 3 is 2.53 bits per heavy atom. The van der Waals surface area contributed by atoms with E-state index in [4.69, 9.17) is 5.26 Å². The average Bonchev–Trinajstić information content (AvgIpc) is 2.39. The van der Waals surface area contributed by atoms with Crippen molar-refractivity contribution in [1.82, 2.24) is 4.90 Å². The van der Waals surface area contributed by atoms with E-state index in [1.807, 2.05) is 4.90 Å². The summed E-state index contributed by atoms with van der Waals surface area (Å²) in [6, 6.07) is 2.13. The van der Waals surface area contributed by atoms with Gasteiger partial charge in [-0.25, -0.2) is 0 Å². The van der Waals surface area contributed by atoms with Crippen LogP contribution in [0.2, 0.25) is 0 Å². The second-order valence-corrected chi connectivity index (χ2v) is 5.63. The number of rotatable bonds is 1. The molecule has 0 aromatic rings. The van der Waals surface area contributed by atoms with Crippen LogP contribution < -0.4 is 0 Å². The molecule has 0 bridgehead atoms. The van der Waals surface area contributed by atoms with Crippen LogP contribution in [0.15, 0.2) is 0 Å². The molecule has 2 rings (SSSR count). The van der Waals surface area contributed by atoms with E-state index in [1.54, 1.807) is 0 Å². The largest absolute Gasteiger partial charge is 0.326 e. The zero-order valence-corrected chi connectivity index (χ0v) is 10.7. The predicted octanol–water partition coefficient (Wildman–Crippen LogP) is 2.72. The van der Waals surface area contributed by atoms with E-state index < -0.39 is 0 Å². The van der Waals surface area contributed by atoms with Crippen molar-refractivity contribution < 1.29 is 4.79 Å². The van der Waals surface area contributed by atoms with E-state index in [0.29, 0.717) is 0 Å². The molecular weight excluding hydrogens is 212 g/mol. The molecule has 0 aromatic heterocycles. The van der Waals surface area contributed by atoms with Gasteiger partial charge in [0, 0.05) is 12.5 Å². The monoisotopic (exact) mass is 234 g/mol. The lowest BCUT2D eigenvalue weighted by atomic mass is 9.82. The number of carbonyl (C=O) groups is 1. The summed E-state index contributed by atoms with van der Waals surface area (Å²) in [5, 5.41) is 9.11. The van der Waals surface area contributed by atoms with Gasteiger partial charge in [-0.3, -0.25) is 4.79 Å². The molecule has 3 heteroatoms. The van der Waals surface area contributed by atoms with Gasteiger partial charge in [0.05, 0.1) is 6.07 Å². The molecule has 1 aliphatic carbocycles. The van der Waals surface area contributed by atoms with Crippen LogP contribution in [0.5, 0.6) is 0 Å². The van der Waals surface area contributed by atoms with E-state index in [2.05, 4.69) is 13.0 Å². The topological polar surface area (TPSA) is 44.1 Å². The summed E-state index contributed by atoms with van der Waals surface area (Å²) in [7, 11) is 0. The Labute approximate surface area is 104 Å². The molecule has 0 aromatic carbocycles. The Morgan fingerprint density at radius 1 is 1.18 bits per heavy atom. The Bertz CT molecular complexity index is 313. The van der Waals surface area contributed by atoms with Crippen LogP contribution in [0.4, 0.5) is 0 Å². The molecule has 94 valence electrons. The normalized spacial score (nSPS) is 34.1. The van der Waals surface area contributed by atoms with E-state index in [0.717, 1.165) is 44.6 Å². The minimum absolute atomic E-state index is 0.157. The van der Waals surface area contributed by atoms with Crippen LogP contribution in [0.25, 0.3) is 0 Å². The van der Waals surface area contributed by atoms with Gasteiger partial charge in [0.25, 0.3) is 0 Å². The third kappa shape index (κ3) is 2.80. The molecule has 0 radical (unpaired) electrons. The molecular formula is C14H22N2O. The van der Waals surface area contributed by atoms with Crippen LogP contribution >= 0.6 is 0 Å². The smallest absolute Gasteiger partial charge is 0.226 e. The Kier molecular flexibility index (Phi) is 4.04. The van der Waals surface area contributed by atoms with Crippen molar-refractivity contribution in [2.45, 2.75) is 57.9 Å². The first-order valence-electron chi connectivity index (χ1n) is 6.92. The van der Waals surface area contributed by atoms with Crippen molar-refractivity contribution in [1.29, 1.82) is 5.26 Å². The maximum atomic E-state index is 12.4. The Hall–Kier alpha value is -1.04. The van der Waals surface area contributed by atoms with Crippen molar-refractivity contribution in [2.24, 2.45) is 11.8 Å². The fourth-order valence-electron chi connectivity index (χ4n) is 3.07. The molecule has 1 atom stereocenters. The lowest BCUT2D eigenvalue weighted by Crippen LogP contribution is -2.46. The van der Waals surface area contributed by atoms with Crippen molar-refractivity contribution in [3.8, 4) is 6.07 Å². The molecule has 0 spiro atoms. The minimum atomic E-state index is -0.157. The van der Waals surface area contributed by atoms with Gasteiger partial charge >= 0.3 is 0 Å². The lowest BCUT2D eigenvalue weighted by Gasteiger charge is -2.36. The molecule has 0 N–H and O–H groups in total. The van der Waals surface area contributed by atoms with Gasteiger partial charge in [-0.2, -0.15) is 5.26 Å².